The van der Waals surface area contributed by atoms with Crippen LogP contribution >= 0.6 is 0 Å². The van der Waals surface area contributed by atoms with Crippen molar-refractivity contribution in [1.82, 2.24) is 4.90 Å². The lowest BCUT2D eigenvalue weighted by Crippen LogP contribution is -2.50. The number of hydrogen-bond acceptors (Lipinski definition) is 2. The maximum absolute atomic E-state index is 10.6. The van der Waals surface area contributed by atoms with Crippen molar-refractivity contribution in [3.05, 3.63) is 0 Å². The summed E-state index contributed by atoms with van der Waals surface area (Å²) in [4.78, 5) is 12.9. The van der Waals surface area contributed by atoms with Crippen LogP contribution in [0.2, 0.25) is 0 Å². The molecular formula is C15H27NO2. The molecule has 0 radical (unpaired) electrons. The molecule has 2 fully saturated rings. The average molecular weight is 253 g/mol. The summed E-state index contributed by atoms with van der Waals surface area (Å²) < 4.78 is 0. The minimum atomic E-state index is -0.674. The molecule has 1 heterocycles. The molecule has 1 N–H and O–H groups in total. The molecule has 0 aromatic rings. The highest BCUT2D eigenvalue weighted by Crippen LogP contribution is 2.57. The Balaban J connectivity index is 1.73. The van der Waals surface area contributed by atoms with Crippen LogP contribution in [0.5, 0.6) is 0 Å². The topological polar surface area (TPSA) is 40.5 Å². The summed E-state index contributed by atoms with van der Waals surface area (Å²) in [6.45, 7) is 9.99. The highest BCUT2D eigenvalue weighted by atomic mass is 16.4. The molecule has 1 spiro atoms. The first-order valence-corrected chi connectivity index (χ1v) is 7.25. The zero-order chi connectivity index (χ0) is 13.4. The van der Waals surface area contributed by atoms with E-state index in [2.05, 4.69) is 25.7 Å². The van der Waals surface area contributed by atoms with Gasteiger partial charge in [-0.2, -0.15) is 0 Å². The molecule has 18 heavy (non-hydrogen) atoms. The predicted octanol–water partition coefficient (Wildman–Crippen LogP) is 3.00. The van der Waals surface area contributed by atoms with E-state index in [0.29, 0.717) is 10.8 Å². The molecule has 2 rings (SSSR count). The van der Waals surface area contributed by atoms with Crippen molar-refractivity contribution in [1.29, 1.82) is 0 Å². The summed E-state index contributed by atoms with van der Waals surface area (Å²) in [5.41, 5.74) is 1.07. The first kappa shape index (κ1) is 13.9. The molecule has 0 atom stereocenters. The number of carboxylic acids is 1. The van der Waals surface area contributed by atoms with Crippen molar-refractivity contribution in [3.8, 4) is 0 Å². The maximum atomic E-state index is 10.6. The molecule has 1 aliphatic heterocycles. The first-order chi connectivity index (χ1) is 8.31. The summed E-state index contributed by atoms with van der Waals surface area (Å²) in [5.74, 6) is 0.217. The molecule has 0 amide bonds. The standard InChI is InChI=1S/C15H27NO2/c1-14(2,3)12-10-15(11-12)5-8-16(9-6-15)7-4-13(17)18/h12H,4-11H2,1-3H3,(H,17,18). The fourth-order valence-electron chi connectivity index (χ4n) is 3.51. The largest absolute Gasteiger partial charge is 0.481 e. The number of aliphatic carboxylic acids is 1. The first-order valence-electron chi connectivity index (χ1n) is 7.25. The fourth-order valence-corrected chi connectivity index (χ4v) is 3.51. The molecule has 104 valence electrons. The SMILES string of the molecule is CC(C)(C)C1CC2(CCN(CCC(=O)O)CC2)C1. The van der Waals surface area contributed by atoms with Crippen molar-refractivity contribution < 1.29 is 9.90 Å². The Labute approximate surface area is 111 Å². The van der Waals surface area contributed by atoms with E-state index in [1.807, 2.05) is 0 Å². The van der Waals surface area contributed by atoms with Gasteiger partial charge in [0, 0.05) is 6.54 Å². The number of likely N-dealkylation sites (tertiary alicyclic amines) is 1. The smallest absolute Gasteiger partial charge is 0.304 e. The van der Waals surface area contributed by atoms with Gasteiger partial charge in [0.2, 0.25) is 0 Å². The molecule has 0 aromatic carbocycles. The van der Waals surface area contributed by atoms with Crippen LogP contribution in [0.1, 0.15) is 52.9 Å². The number of piperidine rings is 1. The van der Waals surface area contributed by atoms with Gasteiger partial charge in [-0.3, -0.25) is 4.79 Å². The van der Waals surface area contributed by atoms with Gasteiger partial charge in [0.1, 0.15) is 0 Å². The fraction of sp³-hybridized carbons (Fsp3) is 0.933. The van der Waals surface area contributed by atoms with Crippen LogP contribution in [0.15, 0.2) is 0 Å². The van der Waals surface area contributed by atoms with Crippen molar-refractivity contribution in [2.24, 2.45) is 16.7 Å². The quantitative estimate of drug-likeness (QED) is 0.840. The van der Waals surface area contributed by atoms with E-state index in [4.69, 9.17) is 5.11 Å². The van der Waals surface area contributed by atoms with E-state index < -0.39 is 5.97 Å². The second kappa shape index (κ2) is 4.84. The third kappa shape index (κ3) is 3.05. The molecule has 0 bridgehead atoms. The summed E-state index contributed by atoms with van der Waals surface area (Å²) in [7, 11) is 0. The molecule has 1 saturated carbocycles. The molecule has 3 nitrogen and oxygen atoms in total. The van der Waals surface area contributed by atoms with E-state index >= 15 is 0 Å². The highest BCUT2D eigenvalue weighted by Gasteiger charge is 2.49. The van der Waals surface area contributed by atoms with E-state index in [9.17, 15) is 4.79 Å². The summed E-state index contributed by atoms with van der Waals surface area (Å²) in [6, 6.07) is 0. The van der Waals surface area contributed by atoms with Gasteiger partial charge in [0.05, 0.1) is 6.42 Å². The normalized spacial score (nSPS) is 25.1. The molecular weight excluding hydrogens is 226 g/mol. The Kier molecular flexibility index (Phi) is 3.72. The van der Waals surface area contributed by atoms with Crippen LogP contribution in [0.25, 0.3) is 0 Å². The van der Waals surface area contributed by atoms with Crippen molar-refractivity contribution in [2.75, 3.05) is 19.6 Å². The van der Waals surface area contributed by atoms with E-state index in [1.54, 1.807) is 0 Å². The second-order valence-electron chi connectivity index (χ2n) is 7.46. The summed E-state index contributed by atoms with van der Waals surface area (Å²) in [6.07, 6.45) is 5.63. The van der Waals surface area contributed by atoms with Crippen LogP contribution in [-0.2, 0) is 4.79 Å². The van der Waals surface area contributed by atoms with Gasteiger partial charge < -0.3 is 10.0 Å². The molecule has 3 heteroatoms. The number of carbonyl (C=O) groups is 1. The molecule has 0 unspecified atom stereocenters. The zero-order valence-corrected chi connectivity index (χ0v) is 12.0. The Morgan fingerprint density at radius 3 is 2.28 bits per heavy atom. The Hall–Kier alpha value is -0.570. The Morgan fingerprint density at radius 2 is 1.83 bits per heavy atom. The second-order valence-corrected chi connectivity index (χ2v) is 7.46. The molecule has 1 saturated heterocycles. The number of nitrogens with zero attached hydrogens (tertiary/aromatic N) is 1. The third-order valence-electron chi connectivity index (χ3n) is 5.14. The lowest BCUT2D eigenvalue weighted by Gasteiger charge is -2.56. The van der Waals surface area contributed by atoms with Gasteiger partial charge in [-0.15, -0.1) is 0 Å². The van der Waals surface area contributed by atoms with Gasteiger partial charge in [0.15, 0.2) is 0 Å². The van der Waals surface area contributed by atoms with Crippen LogP contribution in [0.3, 0.4) is 0 Å². The average Bonchev–Trinajstić information content (AvgIpc) is 2.22. The Bertz CT molecular complexity index is 303. The van der Waals surface area contributed by atoms with Crippen LogP contribution < -0.4 is 0 Å². The van der Waals surface area contributed by atoms with E-state index in [-0.39, 0.29) is 6.42 Å². The Morgan fingerprint density at radius 1 is 1.28 bits per heavy atom. The van der Waals surface area contributed by atoms with Crippen LogP contribution in [0.4, 0.5) is 0 Å². The lowest BCUT2D eigenvalue weighted by atomic mass is 9.52. The minimum absolute atomic E-state index is 0.289. The monoisotopic (exact) mass is 253 g/mol. The van der Waals surface area contributed by atoms with Crippen LogP contribution in [-0.4, -0.2) is 35.6 Å². The van der Waals surface area contributed by atoms with Gasteiger partial charge in [-0.25, -0.2) is 0 Å². The van der Waals surface area contributed by atoms with Gasteiger partial charge in [-0.1, -0.05) is 20.8 Å². The van der Waals surface area contributed by atoms with Crippen molar-refractivity contribution in [2.45, 2.75) is 52.9 Å². The predicted molar refractivity (Wildman–Crippen MR) is 72.5 cm³/mol. The van der Waals surface area contributed by atoms with E-state index in [0.717, 1.165) is 25.6 Å². The number of carboxylic acid groups (broad SMARTS) is 1. The van der Waals surface area contributed by atoms with Crippen molar-refractivity contribution in [3.63, 3.8) is 0 Å². The maximum Gasteiger partial charge on any atom is 0.304 e. The van der Waals surface area contributed by atoms with Crippen molar-refractivity contribution >= 4 is 5.97 Å². The molecule has 2 aliphatic rings. The summed E-state index contributed by atoms with van der Waals surface area (Å²) >= 11 is 0. The van der Waals surface area contributed by atoms with Crippen LogP contribution in [0, 0.1) is 16.7 Å². The van der Waals surface area contributed by atoms with Gasteiger partial charge in [-0.05, 0) is 55.5 Å². The molecule has 0 aromatic heterocycles. The number of rotatable bonds is 3. The van der Waals surface area contributed by atoms with Gasteiger partial charge in [0.25, 0.3) is 0 Å². The third-order valence-corrected chi connectivity index (χ3v) is 5.14. The highest BCUT2D eigenvalue weighted by molar-refractivity contribution is 5.66. The zero-order valence-electron chi connectivity index (χ0n) is 12.0. The number of hydrogen-bond donors (Lipinski definition) is 1. The lowest BCUT2D eigenvalue weighted by molar-refractivity contribution is -0.137. The summed E-state index contributed by atoms with van der Waals surface area (Å²) in [5, 5.41) is 8.70. The molecule has 1 aliphatic carbocycles. The van der Waals surface area contributed by atoms with Gasteiger partial charge >= 0.3 is 5.97 Å². The minimum Gasteiger partial charge on any atom is -0.481 e. The van der Waals surface area contributed by atoms with E-state index in [1.165, 1.54) is 25.7 Å².